The van der Waals surface area contributed by atoms with E-state index in [4.69, 9.17) is 4.74 Å². The molecule has 1 fully saturated rings. The number of benzene rings is 2. The Morgan fingerprint density at radius 1 is 1.06 bits per heavy atom. The molecule has 0 unspecified atom stereocenters. The van der Waals surface area contributed by atoms with E-state index in [1.807, 2.05) is 36.4 Å². The van der Waals surface area contributed by atoms with Gasteiger partial charge in [-0.2, -0.15) is 5.10 Å². The molecule has 0 saturated heterocycles. The van der Waals surface area contributed by atoms with Gasteiger partial charge in [0.15, 0.2) is 0 Å². The molecule has 35 heavy (non-hydrogen) atoms. The van der Waals surface area contributed by atoms with Crippen LogP contribution in [-0.4, -0.2) is 45.5 Å². The minimum atomic E-state index is -0.847. The number of amides is 2. The Morgan fingerprint density at radius 2 is 1.71 bits per heavy atom. The smallest absolute Gasteiger partial charge is 0.412 e. The predicted molar refractivity (Wildman–Crippen MR) is 128 cm³/mol. The third-order valence-corrected chi connectivity index (χ3v) is 6.86. The molecule has 9 heteroatoms. The number of anilines is 1. The van der Waals surface area contributed by atoms with Crippen LogP contribution in [0.2, 0.25) is 0 Å². The van der Waals surface area contributed by atoms with Crippen molar-refractivity contribution in [2.75, 3.05) is 11.9 Å². The van der Waals surface area contributed by atoms with E-state index < -0.39 is 23.9 Å². The van der Waals surface area contributed by atoms with Crippen molar-refractivity contribution >= 4 is 23.8 Å². The van der Waals surface area contributed by atoms with E-state index in [9.17, 15) is 19.5 Å². The molecule has 5 rings (SSSR count). The summed E-state index contributed by atoms with van der Waals surface area (Å²) in [5.74, 6) is -1.57. The average molecular weight is 475 g/mol. The van der Waals surface area contributed by atoms with Crippen molar-refractivity contribution in [2.45, 2.75) is 31.2 Å². The first-order valence-electron chi connectivity index (χ1n) is 11.6. The van der Waals surface area contributed by atoms with Gasteiger partial charge in [-0.3, -0.25) is 19.6 Å². The lowest BCUT2D eigenvalue weighted by molar-refractivity contribution is -0.141. The first kappa shape index (κ1) is 22.6. The molecular formula is C26H26N4O5. The topological polar surface area (TPSA) is 123 Å². The van der Waals surface area contributed by atoms with Gasteiger partial charge in [-0.15, -0.1) is 0 Å². The number of nitrogens with zero attached hydrogens (tertiary/aromatic N) is 2. The largest absolute Gasteiger partial charge is 0.481 e. The van der Waals surface area contributed by atoms with E-state index in [2.05, 4.69) is 27.9 Å². The van der Waals surface area contributed by atoms with Gasteiger partial charge in [-0.1, -0.05) is 48.5 Å². The van der Waals surface area contributed by atoms with Crippen molar-refractivity contribution in [3.8, 4) is 11.1 Å². The van der Waals surface area contributed by atoms with Crippen LogP contribution in [0.3, 0.4) is 0 Å². The maximum Gasteiger partial charge on any atom is 0.412 e. The number of aryl methyl sites for hydroxylation is 1. The molecular weight excluding hydrogens is 448 g/mol. The number of hydrogen-bond acceptors (Lipinski definition) is 5. The van der Waals surface area contributed by atoms with Crippen LogP contribution in [0.5, 0.6) is 0 Å². The standard InChI is InChI=1S/C26H26N4O5/c1-30-23(21(13-27-30)24(31)28-16-11-10-15(12-16)25(32)33)29-26(34)35-14-22-19-8-4-2-6-17(19)18-7-3-5-9-20(18)22/h2-9,13,15-16,22H,10-12,14H2,1H3,(H,28,31)(H,29,34)(H,32,33)/t15-,16+/m1/s1. The van der Waals surface area contributed by atoms with Crippen LogP contribution in [0.15, 0.2) is 54.7 Å². The van der Waals surface area contributed by atoms with Gasteiger partial charge in [0.1, 0.15) is 18.0 Å². The number of fused-ring (bicyclic) bond motifs is 3. The van der Waals surface area contributed by atoms with Crippen LogP contribution in [0.1, 0.15) is 46.7 Å². The molecule has 1 heterocycles. The number of aliphatic carboxylic acids is 1. The van der Waals surface area contributed by atoms with Gasteiger partial charge >= 0.3 is 12.1 Å². The second-order valence-corrected chi connectivity index (χ2v) is 9.00. The molecule has 1 aromatic heterocycles. The van der Waals surface area contributed by atoms with Crippen molar-refractivity contribution < 1.29 is 24.2 Å². The molecule has 3 N–H and O–H groups in total. The number of carboxylic acid groups (broad SMARTS) is 1. The third-order valence-electron chi connectivity index (χ3n) is 6.86. The van der Waals surface area contributed by atoms with Crippen LogP contribution in [0, 0.1) is 5.92 Å². The van der Waals surface area contributed by atoms with E-state index >= 15 is 0 Å². The number of nitrogens with one attached hydrogen (secondary N) is 2. The van der Waals surface area contributed by atoms with Crippen LogP contribution in [0.25, 0.3) is 11.1 Å². The van der Waals surface area contributed by atoms with E-state index in [0.717, 1.165) is 22.3 Å². The van der Waals surface area contributed by atoms with Crippen LogP contribution in [0.4, 0.5) is 10.6 Å². The summed E-state index contributed by atoms with van der Waals surface area (Å²) in [6.07, 6.45) is 2.20. The van der Waals surface area contributed by atoms with Crippen molar-refractivity contribution in [1.29, 1.82) is 0 Å². The monoisotopic (exact) mass is 474 g/mol. The highest BCUT2D eigenvalue weighted by Gasteiger charge is 2.32. The Balaban J connectivity index is 1.24. The van der Waals surface area contributed by atoms with Gasteiger partial charge in [0.25, 0.3) is 5.91 Å². The number of rotatable bonds is 6. The summed E-state index contributed by atoms with van der Waals surface area (Å²) in [4.78, 5) is 36.7. The lowest BCUT2D eigenvalue weighted by atomic mass is 9.98. The molecule has 2 aromatic carbocycles. The van der Waals surface area contributed by atoms with Crippen molar-refractivity contribution in [3.63, 3.8) is 0 Å². The van der Waals surface area contributed by atoms with Crippen molar-refractivity contribution in [2.24, 2.45) is 13.0 Å². The van der Waals surface area contributed by atoms with E-state index in [1.165, 1.54) is 10.9 Å². The normalized spacial score (nSPS) is 18.5. The first-order valence-corrected chi connectivity index (χ1v) is 11.6. The molecule has 2 atom stereocenters. The van der Waals surface area contributed by atoms with Crippen molar-refractivity contribution in [1.82, 2.24) is 15.1 Å². The highest BCUT2D eigenvalue weighted by Crippen LogP contribution is 2.44. The summed E-state index contributed by atoms with van der Waals surface area (Å²) in [6.45, 7) is 0.151. The molecule has 3 aromatic rings. The summed E-state index contributed by atoms with van der Waals surface area (Å²) < 4.78 is 6.98. The second-order valence-electron chi connectivity index (χ2n) is 9.00. The maximum atomic E-state index is 12.8. The number of aromatic nitrogens is 2. The number of ether oxygens (including phenoxy) is 1. The zero-order valence-corrected chi connectivity index (χ0v) is 19.2. The Morgan fingerprint density at radius 3 is 2.34 bits per heavy atom. The molecule has 2 aliphatic carbocycles. The van der Waals surface area contributed by atoms with Gasteiger partial charge in [0, 0.05) is 19.0 Å². The second kappa shape index (κ2) is 9.25. The number of hydrogen-bond donors (Lipinski definition) is 3. The van der Waals surface area contributed by atoms with Gasteiger partial charge in [-0.05, 0) is 41.5 Å². The molecule has 2 aliphatic rings. The molecule has 0 bridgehead atoms. The van der Waals surface area contributed by atoms with Gasteiger partial charge in [0.2, 0.25) is 0 Å². The quantitative estimate of drug-likeness (QED) is 0.500. The fraction of sp³-hybridized carbons (Fsp3) is 0.308. The summed E-state index contributed by atoms with van der Waals surface area (Å²) >= 11 is 0. The van der Waals surface area contributed by atoms with Crippen LogP contribution in [-0.2, 0) is 16.6 Å². The highest BCUT2D eigenvalue weighted by atomic mass is 16.5. The molecule has 1 saturated carbocycles. The van der Waals surface area contributed by atoms with Crippen LogP contribution < -0.4 is 10.6 Å². The maximum absolute atomic E-state index is 12.8. The van der Waals surface area contributed by atoms with Crippen LogP contribution >= 0.6 is 0 Å². The zero-order chi connectivity index (χ0) is 24.5. The Labute approximate surface area is 202 Å². The highest BCUT2D eigenvalue weighted by molar-refractivity contribution is 6.01. The minimum Gasteiger partial charge on any atom is -0.481 e. The van der Waals surface area contributed by atoms with Gasteiger partial charge in [0.05, 0.1) is 12.1 Å². The molecule has 2 amide bonds. The first-order chi connectivity index (χ1) is 16.9. The predicted octanol–water partition coefficient (Wildman–Crippen LogP) is 3.76. The zero-order valence-electron chi connectivity index (χ0n) is 19.2. The molecule has 9 nitrogen and oxygen atoms in total. The lowest BCUT2D eigenvalue weighted by Crippen LogP contribution is -2.34. The minimum absolute atomic E-state index is 0.0768. The number of carbonyl (C=O) groups excluding carboxylic acids is 2. The molecule has 0 radical (unpaired) electrons. The average Bonchev–Trinajstić information content (AvgIpc) is 3.54. The third kappa shape index (κ3) is 4.37. The van der Waals surface area contributed by atoms with Crippen molar-refractivity contribution in [3.05, 3.63) is 71.4 Å². The Kier molecular flexibility index (Phi) is 5.98. The van der Waals surface area contributed by atoms with E-state index in [1.54, 1.807) is 7.05 Å². The summed E-state index contributed by atoms with van der Waals surface area (Å²) in [7, 11) is 1.62. The fourth-order valence-corrected chi connectivity index (χ4v) is 5.08. The summed E-state index contributed by atoms with van der Waals surface area (Å²) in [5, 5.41) is 18.8. The molecule has 0 aliphatic heterocycles. The lowest BCUT2D eigenvalue weighted by Gasteiger charge is -2.16. The Bertz CT molecular complexity index is 1250. The fourth-order valence-electron chi connectivity index (χ4n) is 5.08. The number of carboxylic acids is 1. The van der Waals surface area contributed by atoms with Gasteiger partial charge in [-0.25, -0.2) is 4.79 Å². The van der Waals surface area contributed by atoms with E-state index in [-0.39, 0.29) is 29.9 Å². The Hall–Kier alpha value is -4.14. The summed E-state index contributed by atoms with van der Waals surface area (Å²) in [6, 6.07) is 15.9. The SMILES string of the molecule is Cn1ncc(C(=O)N[C@H]2CC[C@@H](C(=O)O)C2)c1NC(=O)OCC1c2ccccc2-c2ccccc21. The number of carbonyl (C=O) groups is 3. The summed E-state index contributed by atoms with van der Waals surface area (Å²) in [5.41, 5.74) is 4.69. The molecule has 0 spiro atoms. The molecule has 180 valence electrons. The van der Waals surface area contributed by atoms with Gasteiger partial charge < -0.3 is 15.2 Å². The van der Waals surface area contributed by atoms with E-state index in [0.29, 0.717) is 19.3 Å².